The van der Waals surface area contributed by atoms with E-state index in [9.17, 15) is 0 Å². The molecule has 2 N–H and O–H groups in total. The third-order valence-electron chi connectivity index (χ3n) is 1.58. The van der Waals surface area contributed by atoms with Crippen molar-refractivity contribution < 1.29 is 0 Å². The smallest absolute Gasteiger partial charge is 0.0478 e. The highest BCUT2D eigenvalue weighted by Gasteiger charge is 2.02. The van der Waals surface area contributed by atoms with Crippen LogP contribution in [0.5, 0.6) is 0 Å². The Balaban J connectivity index is 0.00000144. The Morgan fingerprint density at radius 3 is 2.38 bits per heavy atom. The standard InChI is InChI=1S/C9H9Br2N.ClH/c1-2-9(12)6-3-4-7(10)8(11)5-6;/h2-5,9H,1,12H2;1H/t9-;/m0./s1. The number of benzene rings is 1. The van der Waals surface area contributed by atoms with Crippen LogP contribution in [0.25, 0.3) is 0 Å². The highest BCUT2D eigenvalue weighted by Crippen LogP contribution is 2.25. The van der Waals surface area contributed by atoms with E-state index in [1.165, 1.54) is 0 Å². The zero-order valence-electron chi connectivity index (χ0n) is 6.84. The molecular weight excluding hydrogens is 317 g/mol. The van der Waals surface area contributed by atoms with Crippen LogP contribution in [0, 0.1) is 0 Å². The van der Waals surface area contributed by atoms with Crippen LogP contribution in [0.3, 0.4) is 0 Å². The topological polar surface area (TPSA) is 26.0 Å². The monoisotopic (exact) mass is 325 g/mol. The van der Waals surface area contributed by atoms with Crippen LogP contribution in [0.2, 0.25) is 0 Å². The molecule has 0 aliphatic heterocycles. The quantitative estimate of drug-likeness (QED) is 0.821. The van der Waals surface area contributed by atoms with Crippen molar-refractivity contribution in [2.45, 2.75) is 6.04 Å². The van der Waals surface area contributed by atoms with Gasteiger partial charge in [-0.2, -0.15) is 0 Å². The number of halogens is 3. The van der Waals surface area contributed by atoms with Crippen LogP contribution < -0.4 is 5.73 Å². The zero-order chi connectivity index (χ0) is 9.14. The Morgan fingerprint density at radius 1 is 1.31 bits per heavy atom. The first-order valence-corrected chi connectivity index (χ1v) is 5.07. The molecule has 4 heteroatoms. The minimum atomic E-state index is -0.0885. The van der Waals surface area contributed by atoms with E-state index in [2.05, 4.69) is 38.4 Å². The first-order valence-electron chi connectivity index (χ1n) is 3.48. The highest BCUT2D eigenvalue weighted by atomic mass is 79.9. The van der Waals surface area contributed by atoms with Crippen LogP contribution in [0.15, 0.2) is 39.8 Å². The maximum atomic E-state index is 5.76. The summed E-state index contributed by atoms with van der Waals surface area (Å²) in [7, 11) is 0. The summed E-state index contributed by atoms with van der Waals surface area (Å²) >= 11 is 6.79. The lowest BCUT2D eigenvalue weighted by atomic mass is 10.1. The summed E-state index contributed by atoms with van der Waals surface area (Å²) in [6.45, 7) is 3.64. The molecule has 0 saturated carbocycles. The first kappa shape index (κ1) is 13.2. The third-order valence-corrected chi connectivity index (χ3v) is 3.46. The molecule has 0 fully saturated rings. The largest absolute Gasteiger partial charge is 0.321 e. The summed E-state index contributed by atoms with van der Waals surface area (Å²) in [5.41, 5.74) is 6.81. The Bertz CT molecular complexity index is 302. The molecule has 0 heterocycles. The van der Waals surface area contributed by atoms with Crippen molar-refractivity contribution in [2.75, 3.05) is 0 Å². The van der Waals surface area contributed by atoms with Gasteiger partial charge in [0, 0.05) is 15.0 Å². The van der Waals surface area contributed by atoms with E-state index < -0.39 is 0 Å². The molecule has 0 bridgehead atoms. The molecule has 0 aliphatic carbocycles. The second-order valence-electron chi connectivity index (χ2n) is 2.44. The van der Waals surface area contributed by atoms with Gasteiger partial charge in [0.2, 0.25) is 0 Å². The lowest BCUT2D eigenvalue weighted by molar-refractivity contribution is 0.913. The minimum Gasteiger partial charge on any atom is -0.321 e. The van der Waals surface area contributed by atoms with Gasteiger partial charge in [0.1, 0.15) is 0 Å². The van der Waals surface area contributed by atoms with Gasteiger partial charge >= 0.3 is 0 Å². The maximum absolute atomic E-state index is 5.76. The van der Waals surface area contributed by atoms with Gasteiger partial charge in [-0.05, 0) is 49.6 Å². The van der Waals surface area contributed by atoms with Crippen LogP contribution in [0.1, 0.15) is 11.6 Å². The van der Waals surface area contributed by atoms with Gasteiger partial charge in [0.25, 0.3) is 0 Å². The summed E-state index contributed by atoms with van der Waals surface area (Å²) in [5, 5.41) is 0. The molecule has 13 heavy (non-hydrogen) atoms. The lowest BCUT2D eigenvalue weighted by Gasteiger charge is -2.07. The van der Waals surface area contributed by atoms with Crippen molar-refractivity contribution in [2.24, 2.45) is 5.73 Å². The Hall–Kier alpha value is 0.170. The van der Waals surface area contributed by atoms with Crippen molar-refractivity contribution in [3.63, 3.8) is 0 Å². The molecule has 1 atom stereocenters. The molecule has 1 aromatic carbocycles. The SMILES string of the molecule is C=C[C@H](N)c1ccc(Br)c(Br)c1.Cl. The Kier molecular flexibility index (Phi) is 5.88. The van der Waals surface area contributed by atoms with E-state index in [4.69, 9.17) is 5.73 Å². The van der Waals surface area contributed by atoms with Crippen molar-refractivity contribution in [3.8, 4) is 0 Å². The van der Waals surface area contributed by atoms with E-state index in [0.29, 0.717) is 0 Å². The van der Waals surface area contributed by atoms with Gasteiger partial charge in [-0.3, -0.25) is 0 Å². The molecule has 0 unspecified atom stereocenters. The predicted octanol–water partition coefficient (Wildman–Crippen LogP) is 3.82. The van der Waals surface area contributed by atoms with Gasteiger partial charge in [-0.15, -0.1) is 19.0 Å². The van der Waals surface area contributed by atoms with E-state index >= 15 is 0 Å². The van der Waals surface area contributed by atoms with Crippen molar-refractivity contribution in [3.05, 3.63) is 45.4 Å². The van der Waals surface area contributed by atoms with E-state index in [1.807, 2.05) is 18.2 Å². The fraction of sp³-hybridized carbons (Fsp3) is 0.111. The Labute approximate surface area is 101 Å². The summed E-state index contributed by atoms with van der Waals surface area (Å²) < 4.78 is 2.04. The summed E-state index contributed by atoms with van der Waals surface area (Å²) in [6, 6.07) is 5.83. The normalized spacial score (nSPS) is 11.6. The lowest BCUT2D eigenvalue weighted by Crippen LogP contribution is -2.05. The van der Waals surface area contributed by atoms with Gasteiger partial charge in [0.15, 0.2) is 0 Å². The number of nitrogens with two attached hydrogens (primary N) is 1. The second-order valence-corrected chi connectivity index (χ2v) is 4.14. The van der Waals surface area contributed by atoms with Crippen molar-refractivity contribution >= 4 is 44.3 Å². The highest BCUT2D eigenvalue weighted by molar-refractivity contribution is 9.13. The molecule has 1 aromatic rings. The van der Waals surface area contributed by atoms with Crippen molar-refractivity contribution in [1.82, 2.24) is 0 Å². The molecule has 0 spiro atoms. The van der Waals surface area contributed by atoms with Crippen LogP contribution in [-0.4, -0.2) is 0 Å². The summed E-state index contributed by atoms with van der Waals surface area (Å²) in [4.78, 5) is 0. The fourth-order valence-electron chi connectivity index (χ4n) is 0.856. The summed E-state index contributed by atoms with van der Waals surface area (Å²) in [6.07, 6.45) is 1.72. The number of hydrogen-bond donors (Lipinski definition) is 1. The average Bonchev–Trinajstić information content (AvgIpc) is 2.08. The second kappa shape index (κ2) is 5.81. The fourth-order valence-corrected chi connectivity index (χ4v) is 1.50. The third kappa shape index (κ3) is 3.43. The van der Waals surface area contributed by atoms with Crippen LogP contribution in [-0.2, 0) is 0 Å². The average molecular weight is 327 g/mol. The van der Waals surface area contributed by atoms with E-state index in [-0.39, 0.29) is 18.4 Å². The van der Waals surface area contributed by atoms with Gasteiger partial charge in [-0.1, -0.05) is 12.1 Å². The van der Waals surface area contributed by atoms with Gasteiger partial charge < -0.3 is 5.73 Å². The van der Waals surface area contributed by atoms with Gasteiger partial charge in [-0.25, -0.2) is 0 Å². The van der Waals surface area contributed by atoms with E-state index in [0.717, 1.165) is 14.5 Å². The molecule has 0 amide bonds. The zero-order valence-corrected chi connectivity index (χ0v) is 10.8. The maximum Gasteiger partial charge on any atom is 0.0478 e. The molecular formula is C9H10Br2ClN. The molecule has 1 rings (SSSR count). The predicted molar refractivity (Wildman–Crippen MR) is 66.2 cm³/mol. The van der Waals surface area contributed by atoms with E-state index in [1.54, 1.807) is 6.08 Å². The minimum absolute atomic E-state index is 0. The van der Waals surface area contributed by atoms with Crippen LogP contribution >= 0.6 is 44.3 Å². The molecule has 0 radical (unpaired) electrons. The number of hydrogen-bond acceptors (Lipinski definition) is 1. The Morgan fingerprint density at radius 2 is 1.92 bits per heavy atom. The molecule has 0 aromatic heterocycles. The van der Waals surface area contributed by atoms with Crippen molar-refractivity contribution in [1.29, 1.82) is 0 Å². The number of rotatable bonds is 2. The summed E-state index contributed by atoms with van der Waals surface area (Å²) in [5.74, 6) is 0. The first-order chi connectivity index (χ1) is 5.65. The molecule has 0 aliphatic rings. The molecule has 72 valence electrons. The molecule has 0 saturated heterocycles. The van der Waals surface area contributed by atoms with Crippen LogP contribution in [0.4, 0.5) is 0 Å². The molecule has 1 nitrogen and oxygen atoms in total. The van der Waals surface area contributed by atoms with Gasteiger partial charge in [0.05, 0.1) is 0 Å².